The number of morpholine rings is 1. The molecule has 10 heteroatoms. The normalized spacial score (nSPS) is 17.9. The van der Waals surface area contributed by atoms with Crippen molar-refractivity contribution in [1.82, 2.24) is 4.90 Å². The molecule has 0 aromatic heterocycles. The van der Waals surface area contributed by atoms with E-state index in [2.05, 4.69) is 5.32 Å². The molecule has 0 bridgehead atoms. The van der Waals surface area contributed by atoms with Gasteiger partial charge in [-0.15, -0.1) is 0 Å². The van der Waals surface area contributed by atoms with E-state index in [1.807, 2.05) is 0 Å². The summed E-state index contributed by atoms with van der Waals surface area (Å²) in [4.78, 5) is 28.3. The van der Waals surface area contributed by atoms with Crippen LogP contribution in [-0.2, 0) is 15.7 Å². The van der Waals surface area contributed by atoms with Gasteiger partial charge in [-0.25, -0.2) is 4.39 Å². The van der Waals surface area contributed by atoms with Crippen molar-refractivity contribution in [3.63, 3.8) is 0 Å². The lowest BCUT2D eigenvalue weighted by molar-refractivity contribution is -0.139. The summed E-state index contributed by atoms with van der Waals surface area (Å²) < 4.78 is 60.6. The molecule has 4 rings (SSSR count). The zero-order valence-electron chi connectivity index (χ0n) is 20.1. The third-order valence-corrected chi connectivity index (χ3v) is 6.30. The second kappa shape index (κ2) is 10.2. The highest BCUT2D eigenvalue weighted by molar-refractivity contribution is 5.99. The molecule has 6 nitrogen and oxygen atoms in total. The van der Waals surface area contributed by atoms with Crippen LogP contribution in [0.15, 0.2) is 60.7 Å². The standard InChI is InChI=1S/C27H25F4N3O3/c1-15-6-11-19(14-20(15)27(29,30)31)33-25(35)24-23(17-7-9-18(32)10-8-17)34(12-13-37-24)26(36)22-16(2)4-3-5-21(22)28/h3-11,14,23-24H,12-13,32H2,1-2H3,(H,33,35). The van der Waals surface area contributed by atoms with Crippen LogP contribution in [0.25, 0.3) is 0 Å². The predicted molar refractivity (Wildman–Crippen MR) is 130 cm³/mol. The summed E-state index contributed by atoms with van der Waals surface area (Å²) in [7, 11) is 0. The van der Waals surface area contributed by atoms with Gasteiger partial charge in [0.15, 0.2) is 6.10 Å². The molecule has 1 aliphatic rings. The highest BCUT2D eigenvalue weighted by atomic mass is 19.4. The van der Waals surface area contributed by atoms with E-state index in [1.54, 1.807) is 37.3 Å². The van der Waals surface area contributed by atoms with Gasteiger partial charge in [-0.1, -0.05) is 30.3 Å². The fourth-order valence-electron chi connectivity index (χ4n) is 4.43. The van der Waals surface area contributed by atoms with Gasteiger partial charge in [-0.05, 0) is 60.9 Å². The van der Waals surface area contributed by atoms with Crippen molar-refractivity contribution < 1.29 is 31.9 Å². The number of nitrogen functional groups attached to an aromatic ring is 1. The first kappa shape index (κ1) is 26.2. The van der Waals surface area contributed by atoms with Gasteiger partial charge in [0.2, 0.25) is 0 Å². The summed E-state index contributed by atoms with van der Waals surface area (Å²) in [5, 5.41) is 2.48. The maximum Gasteiger partial charge on any atom is 0.416 e. The molecular formula is C27H25F4N3O3. The predicted octanol–water partition coefficient (Wildman–Crippen LogP) is 5.26. The van der Waals surface area contributed by atoms with Gasteiger partial charge < -0.3 is 20.7 Å². The Labute approximate surface area is 211 Å². The Morgan fingerprint density at radius 2 is 1.73 bits per heavy atom. The van der Waals surface area contributed by atoms with Crippen LogP contribution in [0.3, 0.4) is 0 Å². The summed E-state index contributed by atoms with van der Waals surface area (Å²) in [6.07, 6.45) is -5.89. The Balaban J connectivity index is 1.71. The van der Waals surface area contributed by atoms with Crippen LogP contribution in [0.1, 0.15) is 38.7 Å². The first-order valence-electron chi connectivity index (χ1n) is 11.5. The van der Waals surface area contributed by atoms with E-state index in [9.17, 15) is 27.2 Å². The third-order valence-electron chi connectivity index (χ3n) is 6.30. The molecule has 3 aromatic rings. The molecule has 2 amide bonds. The van der Waals surface area contributed by atoms with Crippen LogP contribution in [0.4, 0.5) is 28.9 Å². The monoisotopic (exact) mass is 515 g/mol. The number of hydrogen-bond acceptors (Lipinski definition) is 4. The quantitative estimate of drug-likeness (QED) is 0.367. The summed E-state index contributed by atoms with van der Waals surface area (Å²) >= 11 is 0. The largest absolute Gasteiger partial charge is 0.416 e. The van der Waals surface area contributed by atoms with Crippen LogP contribution >= 0.6 is 0 Å². The van der Waals surface area contributed by atoms with Gasteiger partial charge in [-0.2, -0.15) is 13.2 Å². The smallest absolute Gasteiger partial charge is 0.399 e. The van der Waals surface area contributed by atoms with E-state index in [0.29, 0.717) is 16.8 Å². The van der Waals surface area contributed by atoms with Crippen LogP contribution in [-0.4, -0.2) is 36.0 Å². The van der Waals surface area contributed by atoms with Gasteiger partial charge >= 0.3 is 6.18 Å². The van der Waals surface area contributed by atoms with Crippen molar-refractivity contribution in [3.8, 4) is 0 Å². The number of carbonyl (C=O) groups excluding carboxylic acids is 2. The van der Waals surface area contributed by atoms with Crippen LogP contribution < -0.4 is 11.1 Å². The Morgan fingerprint density at radius 3 is 2.38 bits per heavy atom. The average molecular weight is 516 g/mol. The Bertz CT molecular complexity index is 1310. The van der Waals surface area contributed by atoms with Crippen molar-refractivity contribution >= 4 is 23.2 Å². The number of nitrogens with one attached hydrogen (secondary N) is 1. The summed E-state index contributed by atoms with van der Waals surface area (Å²) in [5.41, 5.74) is 6.11. The second-order valence-corrected chi connectivity index (χ2v) is 8.85. The Hall–Kier alpha value is -3.92. The molecule has 0 radical (unpaired) electrons. The molecule has 194 valence electrons. The summed E-state index contributed by atoms with van der Waals surface area (Å²) in [6, 6.07) is 13.2. The minimum atomic E-state index is -4.60. The number of hydrogen-bond donors (Lipinski definition) is 2. The van der Waals surface area contributed by atoms with Crippen LogP contribution in [0, 0.1) is 19.7 Å². The number of rotatable bonds is 4. The number of aryl methyl sites for hydroxylation is 2. The van der Waals surface area contributed by atoms with Gasteiger partial charge in [-0.3, -0.25) is 9.59 Å². The number of nitrogens with zero attached hydrogens (tertiary/aromatic N) is 1. The van der Waals surface area contributed by atoms with E-state index in [1.165, 1.54) is 36.1 Å². The number of amides is 2. The van der Waals surface area contributed by atoms with E-state index in [0.717, 1.165) is 6.07 Å². The van der Waals surface area contributed by atoms with Gasteiger partial charge in [0.25, 0.3) is 11.8 Å². The molecule has 3 aromatic carbocycles. The van der Waals surface area contributed by atoms with Crippen molar-refractivity contribution in [2.24, 2.45) is 0 Å². The molecule has 2 unspecified atom stereocenters. The molecule has 2 atom stereocenters. The maximum absolute atomic E-state index is 14.7. The first-order chi connectivity index (χ1) is 17.5. The van der Waals surface area contributed by atoms with E-state index < -0.39 is 41.5 Å². The number of anilines is 2. The molecule has 37 heavy (non-hydrogen) atoms. The van der Waals surface area contributed by atoms with E-state index >= 15 is 0 Å². The summed E-state index contributed by atoms with van der Waals surface area (Å²) in [6.45, 7) is 2.96. The maximum atomic E-state index is 14.7. The SMILES string of the molecule is Cc1ccc(NC(=O)C2OCCN(C(=O)c3c(C)cccc3F)C2c2ccc(N)cc2)cc1C(F)(F)F. The molecule has 1 heterocycles. The first-order valence-corrected chi connectivity index (χ1v) is 11.5. The second-order valence-electron chi connectivity index (χ2n) is 8.85. The minimum Gasteiger partial charge on any atom is -0.399 e. The number of benzene rings is 3. The Kier molecular flexibility index (Phi) is 7.22. The van der Waals surface area contributed by atoms with E-state index in [4.69, 9.17) is 10.5 Å². The number of ether oxygens (including phenoxy) is 1. The lowest BCUT2D eigenvalue weighted by atomic mass is 9.95. The molecule has 0 saturated carbocycles. The highest BCUT2D eigenvalue weighted by Crippen LogP contribution is 2.35. The topological polar surface area (TPSA) is 84.7 Å². The minimum absolute atomic E-state index is 0.0104. The molecule has 3 N–H and O–H groups in total. The van der Waals surface area contributed by atoms with Crippen LogP contribution in [0.2, 0.25) is 0 Å². The summed E-state index contributed by atoms with van der Waals surface area (Å²) in [5.74, 6) is -2.08. The van der Waals surface area contributed by atoms with Gasteiger partial charge in [0.1, 0.15) is 5.82 Å². The van der Waals surface area contributed by atoms with Crippen LogP contribution in [0.5, 0.6) is 0 Å². The van der Waals surface area contributed by atoms with Crippen molar-refractivity contribution in [1.29, 1.82) is 0 Å². The number of alkyl halides is 3. The van der Waals surface area contributed by atoms with Crippen molar-refractivity contribution in [2.45, 2.75) is 32.2 Å². The lowest BCUT2D eigenvalue weighted by Crippen LogP contribution is -2.52. The molecule has 0 aliphatic carbocycles. The lowest BCUT2D eigenvalue weighted by Gasteiger charge is -2.41. The average Bonchev–Trinajstić information content (AvgIpc) is 2.84. The van der Waals surface area contributed by atoms with Crippen molar-refractivity contribution in [2.75, 3.05) is 24.2 Å². The van der Waals surface area contributed by atoms with E-state index in [-0.39, 0.29) is 30.0 Å². The third kappa shape index (κ3) is 5.43. The number of nitrogens with two attached hydrogens (primary N) is 1. The van der Waals surface area contributed by atoms with Crippen molar-refractivity contribution in [3.05, 3.63) is 94.3 Å². The number of carbonyl (C=O) groups is 2. The molecular weight excluding hydrogens is 490 g/mol. The molecule has 1 saturated heterocycles. The molecule has 1 aliphatic heterocycles. The fourth-order valence-corrected chi connectivity index (χ4v) is 4.43. The zero-order valence-corrected chi connectivity index (χ0v) is 20.1. The zero-order chi connectivity index (χ0) is 26.9. The fraction of sp³-hybridized carbons (Fsp3) is 0.259. The Morgan fingerprint density at radius 1 is 1.03 bits per heavy atom. The molecule has 1 fully saturated rings. The highest BCUT2D eigenvalue weighted by Gasteiger charge is 2.42. The van der Waals surface area contributed by atoms with Gasteiger partial charge in [0, 0.05) is 17.9 Å². The number of halogens is 4. The van der Waals surface area contributed by atoms with Gasteiger partial charge in [0.05, 0.1) is 23.8 Å². The molecule has 0 spiro atoms.